The van der Waals surface area contributed by atoms with Gasteiger partial charge in [-0.3, -0.25) is 48.3 Å². The van der Waals surface area contributed by atoms with E-state index >= 15 is 0 Å². The number of ketones is 2. The van der Waals surface area contributed by atoms with Gasteiger partial charge in [0.15, 0.2) is 0 Å². The normalized spacial score (nSPS) is 13.3. The van der Waals surface area contributed by atoms with Crippen molar-refractivity contribution in [2.45, 2.75) is 105 Å². The predicted octanol–water partition coefficient (Wildman–Crippen LogP) is 0.0858. The van der Waals surface area contributed by atoms with Gasteiger partial charge in [-0.05, 0) is 53.4 Å². The van der Waals surface area contributed by atoms with Gasteiger partial charge in [-0.1, -0.05) is 6.92 Å². The number of aliphatic hydroxyl groups is 2. The second kappa shape index (κ2) is 28.3. The number of carbonyl (C=O) groups excluding carboxylic acids is 8. The quantitative estimate of drug-likeness (QED) is 0.0283. The highest BCUT2D eigenvalue weighted by Gasteiger charge is 2.16. The molecule has 54 heavy (non-hydrogen) atoms. The highest BCUT2D eigenvalue weighted by atomic mass is 16.6. The van der Waals surface area contributed by atoms with Gasteiger partial charge in [0.25, 0.3) is 0 Å². The van der Waals surface area contributed by atoms with Crippen molar-refractivity contribution in [2.24, 2.45) is 20.2 Å². The molecular formula is C34H52N6O14. The maximum Gasteiger partial charge on any atom is 0.309 e. The van der Waals surface area contributed by atoms with Gasteiger partial charge in [0.1, 0.15) is 45.2 Å². The first-order valence-corrected chi connectivity index (χ1v) is 17.1. The number of Topliss-reactive ketones (excluding diaryl/α,β-unsaturated/α-hetero) is 2. The van der Waals surface area contributed by atoms with Crippen molar-refractivity contribution in [1.29, 1.82) is 0 Å². The molecule has 0 saturated heterocycles. The number of amides is 2. The topological polar surface area (TPSA) is 287 Å². The van der Waals surface area contributed by atoms with Gasteiger partial charge in [-0.15, -0.1) is 0 Å². The Morgan fingerprint density at radius 2 is 0.852 bits per heavy atom. The molecule has 20 nitrogen and oxygen atoms in total. The Morgan fingerprint density at radius 3 is 1.20 bits per heavy atom. The predicted molar refractivity (Wildman–Crippen MR) is 193 cm³/mol. The lowest BCUT2D eigenvalue weighted by atomic mass is 10.2. The van der Waals surface area contributed by atoms with E-state index in [1.165, 1.54) is 13.8 Å². The van der Waals surface area contributed by atoms with Crippen LogP contribution in [-0.4, -0.2) is 133 Å². The van der Waals surface area contributed by atoms with Crippen LogP contribution in [0.4, 0.5) is 0 Å². The summed E-state index contributed by atoms with van der Waals surface area (Å²) in [4.78, 5) is 102. The van der Waals surface area contributed by atoms with Crippen molar-refractivity contribution >= 4 is 70.1 Å². The van der Waals surface area contributed by atoms with Crippen LogP contribution in [0.25, 0.3) is 0 Å². The lowest BCUT2D eigenvalue weighted by Gasteiger charge is -2.12. The van der Waals surface area contributed by atoms with Crippen LogP contribution in [0.5, 0.6) is 0 Å². The zero-order chi connectivity index (χ0) is 41.1. The van der Waals surface area contributed by atoms with Gasteiger partial charge in [-0.25, -0.2) is 10.9 Å². The van der Waals surface area contributed by atoms with E-state index in [-0.39, 0.29) is 70.3 Å². The fraction of sp³-hybridized carbons (Fsp3) is 0.647. The molecule has 302 valence electrons. The Kier molecular flexibility index (Phi) is 25.5. The lowest BCUT2D eigenvalue weighted by Crippen LogP contribution is -2.30. The minimum atomic E-state index is -1.29. The Balaban J connectivity index is 4.28. The SMILES string of the molecule is CCC(=O)C(=O)N/N=C(\C)CCC(=O)OCC(O)COC(=O)CC/C(C)=N/NC(=O)C(=O)CN=C(C)CCC(=O)OCC(O)COC(=O)CCC(C)=NC. The van der Waals surface area contributed by atoms with Gasteiger partial charge in [-0.2, -0.15) is 10.2 Å². The maximum absolute atomic E-state index is 12.1. The van der Waals surface area contributed by atoms with E-state index in [2.05, 4.69) is 31.0 Å². The number of aliphatic hydroxyl groups excluding tert-OH is 2. The van der Waals surface area contributed by atoms with E-state index in [0.29, 0.717) is 17.8 Å². The molecule has 0 aliphatic rings. The van der Waals surface area contributed by atoms with E-state index in [0.717, 1.165) is 5.71 Å². The molecule has 0 aliphatic carbocycles. The molecule has 0 radical (unpaired) electrons. The lowest BCUT2D eigenvalue weighted by molar-refractivity contribution is -0.153. The number of rotatable bonds is 27. The highest BCUT2D eigenvalue weighted by molar-refractivity contribution is 6.37. The zero-order valence-electron chi connectivity index (χ0n) is 31.6. The maximum atomic E-state index is 12.1. The first-order valence-electron chi connectivity index (χ1n) is 17.1. The Bertz CT molecular complexity index is 1440. The monoisotopic (exact) mass is 768 g/mol. The van der Waals surface area contributed by atoms with Crippen LogP contribution in [0.3, 0.4) is 0 Å². The van der Waals surface area contributed by atoms with Crippen LogP contribution < -0.4 is 10.9 Å². The van der Waals surface area contributed by atoms with Crippen LogP contribution in [-0.2, 0) is 57.3 Å². The summed E-state index contributed by atoms with van der Waals surface area (Å²) in [5.41, 5.74) is 5.99. The number of hydrazone groups is 2. The minimum Gasteiger partial charge on any atom is -0.463 e. The van der Waals surface area contributed by atoms with Crippen molar-refractivity contribution in [3.63, 3.8) is 0 Å². The molecule has 20 heteroatoms. The molecule has 0 aromatic rings. The smallest absolute Gasteiger partial charge is 0.309 e. The molecule has 2 unspecified atom stereocenters. The average molecular weight is 769 g/mol. The van der Waals surface area contributed by atoms with Crippen LogP contribution in [0.15, 0.2) is 20.2 Å². The average Bonchev–Trinajstić information content (AvgIpc) is 3.16. The number of nitrogens with one attached hydrogen (secondary N) is 2. The van der Waals surface area contributed by atoms with Crippen LogP contribution in [0, 0.1) is 0 Å². The number of esters is 4. The van der Waals surface area contributed by atoms with Crippen molar-refractivity contribution in [1.82, 2.24) is 10.9 Å². The molecule has 0 aromatic heterocycles. The van der Waals surface area contributed by atoms with E-state index in [1.54, 1.807) is 27.8 Å². The zero-order valence-corrected chi connectivity index (χ0v) is 31.6. The standard InChI is InChI=1S/C34H52N6O14/c1-7-27(43)33(49)39-37-23(4)10-14-31(47)53-19-26(42)20-54-32(48)15-11-24(5)38-40-34(50)28(44)16-36-22(3)9-13-30(46)52-18-25(41)17-51-29(45)12-8-21(2)35-6/h25-26,41-42H,7-20H2,1-6H3,(H,39,49)(H,40,50)/b35-21?,36-22?,37-23+,38-24+. The van der Waals surface area contributed by atoms with Crippen molar-refractivity contribution < 1.29 is 67.5 Å². The molecule has 0 rings (SSSR count). The molecule has 0 aromatic carbocycles. The molecule has 0 saturated carbocycles. The van der Waals surface area contributed by atoms with Crippen molar-refractivity contribution in [3.8, 4) is 0 Å². The van der Waals surface area contributed by atoms with Crippen LogP contribution >= 0.6 is 0 Å². The van der Waals surface area contributed by atoms with Crippen molar-refractivity contribution in [2.75, 3.05) is 40.0 Å². The molecule has 2 amide bonds. The second-order valence-electron chi connectivity index (χ2n) is 11.8. The Morgan fingerprint density at radius 1 is 0.519 bits per heavy atom. The summed E-state index contributed by atoms with van der Waals surface area (Å²) in [7, 11) is 1.61. The van der Waals surface area contributed by atoms with E-state index in [1.807, 2.05) is 0 Å². The van der Waals surface area contributed by atoms with Crippen LogP contribution in [0.2, 0.25) is 0 Å². The number of ether oxygens (including phenoxy) is 4. The number of aliphatic imine (C=N–C) groups is 2. The molecule has 2 atom stereocenters. The third kappa shape index (κ3) is 25.7. The summed E-state index contributed by atoms with van der Waals surface area (Å²) < 4.78 is 19.7. The van der Waals surface area contributed by atoms with E-state index in [4.69, 9.17) is 18.9 Å². The van der Waals surface area contributed by atoms with Gasteiger partial charge >= 0.3 is 35.7 Å². The summed E-state index contributed by atoms with van der Waals surface area (Å²) in [6, 6.07) is 0. The first kappa shape index (κ1) is 48.8. The minimum absolute atomic E-state index is 0.0314. The third-order valence-corrected chi connectivity index (χ3v) is 6.91. The van der Waals surface area contributed by atoms with Crippen molar-refractivity contribution in [3.05, 3.63) is 0 Å². The Labute approximate surface area is 313 Å². The first-order chi connectivity index (χ1) is 25.5. The largest absolute Gasteiger partial charge is 0.463 e. The third-order valence-electron chi connectivity index (χ3n) is 6.91. The van der Waals surface area contributed by atoms with Gasteiger partial charge in [0.2, 0.25) is 11.6 Å². The summed E-state index contributed by atoms with van der Waals surface area (Å²) in [5, 5.41) is 27.3. The second-order valence-corrected chi connectivity index (χ2v) is 11.8. The molecule has 0 heterocycles. The fourth-order valence-corrected chi connectivity index (χ4v) is 3.43. The number of hydrogen-bond donors (Lipinski definition) is 4. The fourth-order valence-electron chi connectivity index (χ4n) is 3.43. The molecule has 0 bridgehead atoms. The molecule has 0 fully saturated rings. The van der Waals surface area contributed by atoms with Gasteiger partial charge < -0.3 is 29.2 Å². The van der Waals surface area contributed by atoms with Gasteiger partial charge in [0.05, 0.1) is 25.7 Å². The van der Waals surface area contributed by atoms with Gasteiger partial charge in [0, 0.05) is 36.3 Å². The number of carbonyl (C=O) groups is 8. The highest BCUT2D eigenvalue weighted by Crippen LogP contribution is 2.02. The van der Waals surface area contributed by atoms with E-state index in [9.17, 15) is 48.6 Å². The van der Waals surface area contributed by atoms with E-state index < -0.39 is 79.2 Å². The molecular weight excluding hydrogens is 716 g/mol. The molecule has 4 N–H and O–H groups in total. The summed E-state index contributed by atoms with van der Waals surface area (Å²) in [6.45, 7) is 5.78. The number of nitrogens with zero attached hydrogens (tertiary/aromatic N) is 4. The summed E-state index contributed by atoms with van der Waals surface area (Å²) in [6.07, 6.45) is -2.01. The van der Waals surface area contributed by atoms with Crippen LogP contribution in [0.1, 0.15) is 92.4 Å². The summed E-state index contributed by atoms with van der Waals surface area (Å²) in [5.74, 6) is -5.99. The Hall–Kier alpha value is -5.24. The summed E-state index contributed by atoms with van der Waals surface area (Å²) >= 11 is 0. The molecule has 0 aliphatic heterocycles. The number of hydrogen-bond acceptors (Lipinski definition) is 18. The molecule has 0 spiro atoms.